The molecule has 2 aromatic rings. The summed E-state index contributed by atoms with van der Waals surface area (Å²) in [5.41, 5.74) is 2.35. The summed E-state index contributed by atoms with van der Waals surface area (Å²) in [6.07, 6.45) is 3.05. The average Bonchev–Trinajstić information content (AvgIpc) is 2.82. The molecular weight excluding hydrogens is 450 g/mol. The van der Waals surface area contributed by atoms with Gasteiger partial charge in [0.05, 0.1) is 11.9 Å². The standard InChI is InChI=1S/C26H37N3O4S/c1-6-20(3)27-26(31)21(4)28(18-17-22-13-9-8-10-14-22)25(30)19-29(34(5,32)33)24-16-12-11-15-23(24)7-2/h8-16,20-21H,6-7,17-19H2,1-5H3,(H,27,31). The molecule has 2 unspecified atom stereocenters. The van der Waals surface area contributed by atoms with Crippen LogP contribution in [0.3, 0.4) is 0 Å². The number of amides is 2. The average molecular weight is 488 g/mol. The number of benzene rings is 2. The number of carbonyl (C=O) groups is 2. The van der Waals surface area contributed by atoms with Gasteiger partial charge in [-0.25, -0.2) is 8.42 Å². The third kappa shape index (κ3) is 7.58. The largest absolute Gasteiger partial charge is 0.352 e. The maximum atomic E-state index is 13.5. The Balaban J connectivity index is 2.34. The van der Waals surface area contributed by atoms with E-state index in [0.29, 0.717) is 25.1 Å². The van der Waals surface area contributed by atoms with Gasteiger partial charge in [-0.05, 0) is 50.3 Å². The molecule has 0 saturated carbocycles. The Morgan fingerprint density at radius 2 is 1.59 bits per heavy atom. The second kappa shape index (κ2) is 12.6. The molecule has 8 heteroatoms. The highest BCUT2D eigenvalue weighted by Crippen LogP contribution is 2.24. The van der Waals surface area contributed by atoms with Crippen molar-refractivity contribution in [2.24, 2.45) is 0 Å². The number of nitrogens with one attached hydrogen (secondary N) is 1. The smallest absolute Gasteiger partial charge is 0.244 e. The second-order valence-electron chi connectivity index (χ2n) is 8.57. The first-order valence-corrected chi connectivity index (χ1v) is 13.6. The summed E-state index contributed by atoms with van der Waals surface area (Å²) in [4.78, 5) is 27.9. The Morgan fingerprint density at radius 1 is 0.971 bits per heavy atom. The fourth-order valence-electron chi connectivity index (χ4n) is 3.68. The fourth-order valence-corrected chi connectivity index (χ4v) is 4.56. The number of rotatable bonds is 12. The van der Waals surface area contributed by atoms with Crippen LogP contribution in [0, 0.1) is 0 Å². The first kappa shape index (κ1) is 27.4. The zero-order valence-corrected chi connectivity index (χ0v) is 21.6. The third-order valence-corrected chi connectivity index (χ3v) is 7.10. The van der Waals surface area contributed by atoms with E-state index < -0.39 is 22.0 Å². The van der Waals surface area contributed by atoms with Crippen molar-refractivity contribution >= 4 is 27.5 Å². The van der Waals surface area contributed by atoms with E-state index in [1.165, 1.54) is 4.90 Å². The first-order valence-electron chi connectivity index (χ1n) is 11.8. The van der Waals surface area contributed by atoms with Crippen LogP contribution >= 0.6 is 0 Å². The fraction of sp³-hybridized carbons (Fsp3) is 0.462. The predicted molar refractivity (Wildman–Crippen MR) is 137 cm³/mol. The maximum Gasteiger partial charge on any atom is 0.244 e. The lowest BCUT2D eigenvalue weighted by atomic mass is 10.1. The summed E-state index contributed by atoms with van der Waals surface area (Å²) in [5.74, 6) is -0.672. The third-order valence-electron chi connectivity index (χ3n) is 5.97. The number of aryl methyl sites for hydroxylation is 1. The van der Waals surface area contributed by atoms with Crippen LogP contribution in [-0.4, -0.2) is 56.6 Å². The van der Waals surface area contributed by atoms with Crippen LogP contribution < -0.4 is 9.62 Å². The SMILES string of the molecule is CCc1ccccc1N(CC(=O)N(CCc1ccccc1)C(C)C(=O)NC(C)CC)S(C)(=O)=O. The number of anilines is 1. The highest BCUT2D eigenvalue weighted by atomic mass is 32.2. The van der Waals surface area contributed by atoms with Crippen molar-refractivity contribution < 1.29 is 18.0 Å². The van der Waals surface area contributed by atoms with E-state index in [1.807, 2.05) is 63.2 Å². The van der Waals surface area contributed by atoms with E-state index in [9.17, 15) is 18.0 Å². The molecular formula is C26H37N3O4S. The zero-order chi connectivity index (χ0) is 25.3. The lowest BCUT2D eigenvalue weighted by Crippen LogP contribution is -2.53. The van der Waals surface area contributed by atoms with Crippen molar-refractivity contribution in [3.8, 4) is 0 Å². The van der Waals surface area contributed by atoms with Crippen molar-refractivity contribution in [3.63, 3.8) is 0 Å². The molecule has 0 aliphatic carbocycles. The van der Waals surface area contributed by atoms with Crippen molar-refractivity contribution in [3.05, 3.63) is 65.7 Å². The molecule has 186 valence electrons. The van der Waals surface area contributed by atoms with Crippen molar-refractivity contribution in [2.45, 2.75) is 59.0 Å². The summed E-state index contributed by atoms with van der Waals surface area (Å²) in [6.45, 7) is 7.44. The molecule has 0 heterocycles. The number of hydrogen-bond acceptors (Lipinski definition) is 4. The number of para-hydroxylation sites is 1. The van der Waals surface area contributed by atoms with Crippen molar-refractivity contribution in [2.75, 3.05) is 23.7 Å². The summed E-state index contributed by atoms with van der Waals surface area (Å²) >= 11 is 0. The van der Waals surface area contributed by atoms with Crippen LogP contribution in [0.2, 0.25) is 0 Å². The Labute approximate surface area is 204 Å². The van der Waals surface area contributed by atoms with E-state index in [2.05, 4.69) is 5.32 Å². The molecule has 0 radical (unpaired) electrons. The van der Waals surface area contributed by atoms with Crippen LogP contribution in [0.5, 0.6) is 0 Å². The summed E-state index contributed by atoms with van der Waals surface area (Å²) < 4.78 is 26.5. The van der Waals surface area contributed by atoms with E-state index in [-0.39, 0.29) is 18.5 Å². The Bertz CT molecular complexity index is 1060. The normalized spacial score (nSPS) is 13.1. The van der Waals surface area contributed by atoms with Gasteiger partial charge in [0.1, 0.15) is 12.6 Å². The number of sulfonamides is 1. The lowest BCUT2D eigenvalue weighted by molar-refractivity contribution is -0.139. The molecule has 34 heavy (non-hydrogen) atoms. The van der Waals surface area contributed by atoms with Crippen LogP contribution in [0.4, 0.5) is 5.69 Å². The van der Waals surface area contributed by atoms with Crippen LogP contribution in [0.15, 0.2) is 54.6 Å². The minimum absolute atomic E-state index is 0.0232. The Hall–Kier alpha value is -2.87. The van der Waals surface area contributed by atoms with Crippen LogP contribution in [-0.2, 0) is 32.5 Å². The van der Waals surface area contributed by atoms with Gasteiger partial charge in [0.2, 0.25) is 21.8 Å². The molecule has 0 saturated heterocycles. The molecule has 1 N–H and O–H groups in total. The number of carbonyl (C=O) groups excluding carboxylic acids is 2. The van der Waals surface area contributed by atoms with Gasteiger partial charge in [-0.1, -0.05) is 62.4 Å². The molecule has 0 bridgehead atoms. The Morgan fingerprint density at radius 3 is 2.18 bits per heavy atom. The van der Waals surface area contributed by atoms with E-state index in [1.54, 1.807) is 19.1 Å². The van der Waals surface area contributed by atoms with E-state index in [4.69, 9.17) is 0 Å². The van der Waals surface area contributed by atoms with Crippen molar-refractivity contribution in [1.82, 2.24) is 10.2 Å². The van der Waals surface area contributed by atoms with Crippen LogP contribution in [0.1, 0.15) is 45.2 Å². The molecule has 0 spiro atoms. The Kier molecular flexibility index (Phi) is 10.1. The van der Waals surface area contributed by atoms with Crippen LogP contribution in [0.25, 0.3) is 0 Å². The summed E-state index contributed by atoms with van der Waals surface area (Å²) in [7, 11) is -3.73. The number of hydrogen-bond donors (Lipinski definition) is 1. The van der Waals surface area contributed by atoms with E-state index in [0.717, 1.165) is 28.1 Å². The summed E-state index contributed by atoms with van der Waals surface area (Å²) in [5, 5.41) is 2.93. The van der Waals surface area contributed by atoms with Crippen molar-refractivity contribution in [1.29, 1.82) is 0 Å². The quantitative estimate of drug-likeness (QED) is 0.497. The molecule has 0 aliphatic rings. The second-order valence-corrected chi connectivity index (χ2v) is 10.5. The monoisotopic (exact) mass is 487 g/mol. The van der Waals surface area contributed by atoms with Gasteiger partial charge in [-0.2, -0.15) is 0 Å². The van der Waals surface area contributed by atoms with Gasteiger partial charge in [-0.15, -0.1) is 0 Å². The molecule has 2 atom stereocenters. The molecule has 2 amide bonds. The maximum absolute atomic E-state index is 13.5. The topological polar surface area (TPSA) is 86.8 Å². The van der Waals surface area contributed by atoms with E-state index >= 15 is 0 Å². The molecule has 0 aromatic heterocycles. The van der Waals surface area contributed by atoms with Gasteiger partial charge in [-0.3, -0.25) is 13.9 Å². The molecule has 7 nitrogen and oxygen atoms in total. The predicted octanol–water partition coefficient (Wildman–Crippen LogP) is 3.39. The molecule has 2 rings (SSSR count). The summed E-state index contributed by atoms with van der Waals surface area (Å²) in [6, 6.07) is 16.1. The highest BCUT2D eigenvalue weighted by Gasteiger charge is 2.30. The highest BCUT2D eigenvalue weighted by molar-refractivity contribution is 7.92. The lowest BCUT2D eigenvalue weighted by Gasteiger charge is -2.32. The molecule has 0 aliphatic heterocycles. The zero-order valence-electron chi connectivity index (χ0n) is 20.8. The molecule has 0 fully saturated rings. The van der Waals surface area contributed by atoms with Gasteiger partial charge in [0.25, 0.3) is 0 Å². The van der Waals surface area contributed by atoms with Gasteiger partial charge in [0.15, 0.2) is 0 Å². The minimum Gasteiger partial charge on any atom is -0.352 e. The van der Waals surface area contributed by atoms with Gasteiger partial charge >= 0.3 is 0 Å². The molecule has 2 aromatic carbocycles. The first-order chi connectivity index (χ1) is 16.1. The van der Waals surface area contributed by atoms with Gasteiger partial charge < -0.3 is 10.2 Å². The minimum atomic E-state index is -3.73. The van der Waals surface area contributed by atoms with Gasteiger partial charge in [0, 0.05) is 12.6 Å². The number of nitrogens with zero attached hydrogens (tertiary/aromatic N) is 2.